The number of nitrogens with zero attached hydrogens (tertiary/aromatic N) is 1. The molecule has 1 aliphatic rings. The quantitative estimate of drug-likeness (QED) is 0.868. The van der Waals surface area contributed by atoms with Gasteiger partial charge in [-0.05, 0) is 24.1 Å². The van der Waals surface area contributed by atoms with Crippen molar-refractivity contribution in [3.8, 4) is 0 Å². The molecule has 1 aromatic carbocycles. The van der Waals surface area contributed by atoms with Crippen molar-refractivity contribution < 1.29 is 9.50 Å². The lowest BCUT2D eigenvalue weighted by atomic mass is 9.85. The predicted molar refractivity (Wildman–Crippen MR) is 69.8 cm³/mol. The summed E-state index contributed by atoms with van der Waals surface area (Å²) in [6.45, 7) is 2.39. The zero-order valence-electron chi connectivity index (χ0n) is 10.6. The van der Waals surface area contributed by atoms with Gasteiger partial charge in [-0.25, -0.2) is 4.39 Å². The van der Waals surface area contributed by atoms with Crippen LogP contribution in [0.5, 0.6) is 0 Å². The van der Waals surface area contributed by atoms with Crippen LogP contribution in [-0.2, 0) is 12.1 Å². The van der Waals surface area contributed by atoms with Crippen molar-refractivity contribution in [3.05, 3.63) is 65.2 Å². The largest absolute Gasteiger partial charge is 0.383 e. The molecule has 0 bridgehead atoms. The molecule has 98 valence electrons. The summed E-state index contributed by atoms with van der Waals surface area (Å²) in [5, 5.41) is 14.1. The summed E-state index contributed by atoms with van der Waals surface area (Å²) in [5.41, 5.74) is 1.48. The summed E-state index contributed by atoms with van der Waals surface area (Å²) < 4.78 is 13.3. The van der Waals surface area contributed by atoms with Gasteiger partial charge in [0.15, 0.2) is 0 Å². The second kappa shape index (κ2) is 4.40. The highest BCUT2D eigenvalue weighted by Gasteiger charge is 2.39. The number of aliphatic hydroxyl groups is 1. The van der Waals surface area contributed by atoms with E-state index >= 15 is 0 Å². The van der Waals surface area contributed by atoms with Gasteiger partial charge in [0.25, 0.3) is 0 Å². The standard InChI is InChI=1S/C15H15FN2O/c1-15(19,11-6-12(16)9-17-8-11)14-13-5-3-2-4-10(13)7-18-14/h2-6,8-9,14,18-19H,7H2,1H3. The minimum absolute atomic E-state index is 0.257. The number of rotatable bonds is 2. The number of nitrogens with one attached hydrogen (secondary N) is 1. The van der Waals surface area contributed by atoms with E-state index in [0.717, 1.165) is 17.3 Å². The molecule has 2 atom stereocenters. The second-order valence-corrected chi connectivity index (χ2v) is 5.05. The molecule has 2 N–H and O–H groups in total. The van der Waals surface area contributed by atoms with Crippen LogP contribution in [0.3, 0.4) is 0 Å². The smallest absolute Gasteiger partial charge is 0.141 e. The van der Waals surface area contributed by atoms with Crippen LogP contribution >= 0.6 is 0 Å². The van der Waals surface area contributed by atoms with Crippen molar-refractivity contribution in [1.82, 2.24) is 10.3 Å². The number of pyridine rings is 1. The molecule has 1 aliphatic heterocycles. The minimum Gasteiger partial charge on any atom is -0.383 e. The molecule has 0 fully saturated rings. The summed E-state index contributed by atoms with van der Waals surface area (Å²) in [4.78, 5) is 3.82. The Morgan fingerprint density at radius 2 is 2.16 bits per heavy atom. The summed E-state index contributed by atoms with van der Waals surface area (Å²) >= 11 is 0. The van der Waals surface area contributed by atoms with Crippen molar-refractivity contribution in [2.45, 2.75) is 25.1 Å². The second-order valence-electron chi connectivity index (χ2n) is 5.05. The van der Waals surface area contributed by atoms with E-state index in [1.807, 2.05) is 24.3 Å². The van der Waals surface area contributed by atoms with Crippen LogP contribution in [0.1, 0.15) is 29.7 Å². The van der Waals surface area contributed by atoms with Gasteiger partial charge in [0.1, 0.15) is 11.4 Å². The van der Waals surface area contributed by atoms with E-state index in [9.17, 15) is 9.50 Å². The van der Waals surface area contributed by atoms with Crippen LogP contribution in [0.25, 0.3) is 0 Å². The molecule has 19 heavy (non-hydrogen) atoms. The van der Waals surface area contributed by atoms with Crippen LogP contribution in [-0.4, -0.2) is 10.1 Å². The minimum atomic E-state index is -1.21. The fraction of sp³-hybridized carbons (Fsp3) is 0.267. The lowest BCUT2D eigenvalue weighted by Crippen LogP contribution is -2.36. The van der Waals surface area contributed by atoms with Crippen LogP contribution in [0, 0.1) is 5.82 Å². The Hall–Kier alpha value is -1.78. The first kappa shape index (κ1) is 12.3. The van der Waals surface area contributed by atoms with Crippen molar-refractivity contribution >= 4 is 0 Å². The first-order valence-corrected chi connectivity index (χ1v) is 6.23. The lowest BCUT2D eigenvalue weighted by Gasteiger charge is -2.31. The number of hydrogen-bond acceptors (Lipinski definition) is 3. The molecule has 3 rings (SSSR count). The molecule has 4 heteroatoms. The molecule has 2 aromatic rings. The maximum absolute atomic E-state index is 13.3. The van der Waals surface area contributed by atoms with E-state index in [0.29, 0.717) is 12.1 Å². The summed E-state index contributed by atoms with van der Waals surface area (Å²) in [5.74, 6) is -0.441. The molecule has 0 saturated heterocycles. The Labute approximate surface area is 111 Å². The van der Waals surface area contributed by atoms with Gasteiger partial charge < -0.3 is 10.4 Å². The fourth-order valence-electron chi connectivity index (χ4n) is 2.66. The van der Waals surface area contributed by atoms with E-state index in [1.165, 1.54) is 12.3 Å². The molecule has 0 aliphatic carbocycles. The van der Waals surface area contributed by atoms with Crippen LogP contribution in [0.2, 0.25) is 0 Å². The first-order valence-electron chi connectivity index (χ1n) is 6.23. The van der Waals surface area contributed by atoms with Crippen molar-refractivity contribution in [2.24, 2.45) is 0 Å². The highest BCUT2D eigenvalue weighted by molar-refractivity contribution is 5.38. The van der Waals surface area contributed by atoms with Gasteiger partial charge >= 0.3 is 0 Å². The maximum atomic E-state index is 13.3. The summed E-state index contributed by atoms with van der Waals surface area (Å²) in [6, 6.07) is 9.01. The molecular weight excluding hydrogens is 243 g/mol. The first-order chi connectivity index (χ1) is 9.09. The van der Waals surface area contributed by atoms with Gasteiger partial charge in [0.05, 0.1) is 12.2 Å². The highest BCUT2D eigenvalue weighted by atomic mass is 19.1. The third-order valence-corrected chi connectivity index (χ3v) is 3.71. The van der Waals surface area contributed by atoms with E-state index in [-0.39, 0.29) is 6.04 Å². The van der Waals surface area contributed by atoms with E-state index < -0.39 is 11.4 Å². The van der Waals surface area contributed by atoms with Crippen molar-refractivity contribution in [3.63, 3.8) is 0 Å². The van der Waals surface area contributed by atoms with Gasteiger partial charge in [-0.15, -0.1) is 0 Å². The third-order valence-electron chi connectivity index (χ3n) is 3.71. The molecule has 2 heterocycles. The molecule has 0 spiro atoms. The zero-order valence-corrected chi connectivity index (χ0v) is 10.6. The van der Waals surface area contributed by atoms with Crippen LogP contribution < -0.4 is 5.32 Å². The van der Waals surface area contributed by atoms with E-state index in [2.05, 4.69) is 10.3 Å². The Balaban J connectivity index is 2.02. The molecule has 0 radical (unpaired) electrons. The monoisotopic (exact) mass is 258 g/mol. The predicted octanol–water partition coefficient (Wildman–Crippen LogP) is 2.27. The number of halogens is 1. The number of fused-ring (bicyclic) bond motifs is 1. The summed E-state index contributed by atoms with van der Waals surface area (Å²) in [6.07, 6.45) is 2.64. The number of aromatic nitrogens is 1. The van der Waals surface area contributed by atoms with Crippen molar-refractivity contribution in [2.75, 3.05) is 0 Å². The van der Waals surface area contributed by atoms with Crippen LogP contribution in [0.4, 0.5) is 4.39 Å². The number of benzene rings is 1. The topological polar surface area (TPSA) is 45.2 Å². The Kier molecular flexibility index (Phi) is 2.84. The molecular formula is C15H15FN2O. The normalized spacial score (nSPS) is 20.9. The van der Waals surface area contributed by atoms with Crippen molar-refractivity contribution in [1.29, 1.82) is 0 Å². The van der Waals surface area contributed by atoms with E-state index in [1.54, 1.807) is 6.92 Å². The molecule has 2 unspecified atom stereocenters. The molecule has 3 nitrogen and oxygen atoms in total. The lowest BCUT2D eigenvalue weighted by molar-refractivity contribution is 0.0171. The van der Waals surface area contributed by atoms with Gasteiger partial charge in [-0.2, -0.15) is 0 Å². The molecule has 0 saturated carbocycles. The molecule has 0 amide bonds. The third kappa shape index (κ3) is 2.03. The highest BCUT2D eigenvalue weighted by Crippen LogP contribution is 2.39. The Bertz CT molecular complexity index is 613. The van der Waals surface area contributed by atoms with E-state index in [4.69, 9.17) is 0 Å². The average Bonchev–Trinajstić information content (AvgIpc) is 2.83. The number of hydrogen-bond donors (Lipinski definition) is 2. The Morgan fingerprint density at radius 3 is 2.95 bits per heavy atom. The van der Waals surface area contributed by atoms with Gasteiger partial charge in [-0.3, -0.25) is 4.98 Å². The fourth-order valence-corrected chi connectivity index (χ4v) is 2.66. The Morgan fingerprint density at radius 1 is 1.37 bits per heavy atom. The van der Waals surface area contributed by atoms with Gasteiger partial charge in [0, 0.05) is 18.3 Å². The zero-order chi connectivity index (χ0) is 13.5. The average molecular weight is 258 g/mol. The van der Waals surface area contributed by atoms with Crippen LogP contribution in [0.15, 0.2) is 42.7 Å². The van der Waals surface area contributed by atoms with Gasteiger partial charge in [-0.1, -0.05) is 24.3 Å². The summed E-state index contributed by atoms with van der Waals surface area (Å²) in [7, 11) is 0. The maximum Gasteiger partial charge on any atom is 0.141 e. The SMILES string of the molecule is CC(O)(c1cncc(F)c1)C1NCc2ccccc21. The van der Waals surface area contributed by atoms with Gasteiger partial charge in [0.2, 0.25) is 0 Å². The molecule has 1 aromatic heterocycles.